The molecule has 3 rings (SSSR count). The van der Waals surface area contributed by atoms with Crippen molar-refractivity contribution < 1.29 is 9.32 Å². The summed E-state index contributed by atoms with van der Waals surface area (Å²) in [5.74, 6) is 0.347. The van der Waals surface area contributed by atoms with Crippen molar-refractivity contribution in [2.24, 2.45) is 0 Å². The summed E-state index contributed by atoms with van der Waals surface area (Å²) in [6.07, 6.45) is 1.01. The van der Waals surface area contributed by atoms with Crippen molar-refractivity contribution in [3.05, 3.63) is 77.0 Å². The van der Waals surface area contributed by atoms with Crippen molar-refractivity contribution in [2.75, 3.05) is 20.6 Å². The van der Waals surface area contributed by atoms with Crippen LogP contribution in [0.4, 0.5) is 0 Å². The molecular weight excluding hydrogens is 350 g/mol. The average Bonchev–Trinajstić information content (AvgIpc) is 3.10. The molecule has 0 saturated carbocycles. The largest absolute Gasteiger partial charge is 0.360 e. The zero-order valence-corrected chi connectivity index (χ0v) is 16.9. The maximum Gasteiger partial charge on any atom is 0.257 e. The van der Waals surface area contributed by atoms with Crippen LogP contribution in [0.15, 0.2) is 59.1 Å². The normalized spacial score (nSPS) is 12.2. The summed E-state index contributed by atoms with van der Waals surface area (Å²) in [6, 6.07) is 18.3. The number of amides is 1. The summed E-state index contributed by atoms with van der Waals surface area (Å²) in [6.45, 7) is 4.40. The summed E-state index contributed by atoms with van der Waals surface area (Å²) in [5, 5.41) is 7.16. The molecule has 0 aliphatic heterocycles. The van der Waals surface area contributed by atoms with E-state index in [-0.39, 0.29) is 11.9 Å². The number of aromatic nitrogens is 1. The van der Waals surface area contributed by atoms with Gasteiger partial charge in [-0.15, -0.1) is 0 Å². The molecule has 146 valence electrons. The fourth-order valence-electron chi connectivity index (χ4n) is 3.28. The molecule has 1 heterocycles. The van der Waals surface area contributed by atoms with E-state index in [0.29, 0.717) is 23.6 Å². The van der Waals surface area contributed by atoms with Crippen LogP contribution in [0.3, 0.4) is 0 Å². The first-order valence-electron chi connectivity index (χ1n) is 9.56. The highest BCUT2D eigenvalue weighted by molar-refractivity contribution is 6.00. The third-order valence-electron chi connectivity index (χ3n) is 4.99. The van der Waals surface area contributed by atoms with E-state index in [4.69, 9.17) is 4.52 Å². The summed E-state index contributed by atoms with van der Waals surface area (Å²) in [4.78, 5) is 15.1. The minimum Gasteiger partial charge on any atom is -0.360 e. The van der Waals surface area contributed by atoms with E-state index in [9.17, 15) is 4.79 Å². The molecule has 0 aliphatic carbocycles. The highest BCUT2D eigenvalue weighted by atomic mass is 16.5. The molecule has 0 bridgehead atoms. The van der Waals surface area contributed by atoms with Gasteiger partial charge in [-0.1, -0.05) is 66.7 Å². The molecule has 0 fully saturated rings. The van der Waals surface area contributed by atoms with Crippen LogP contribution in [-0.4, -0.2) is 36.6 Å². The van der Waals surface area contributed by atoms with Crippen molar-refractivity contribution in [3.63, 3.8) is 0 Å². The molecule has 0 saturated heterocycles. The lowest BCUT2D eigenvalue weighted by molar-refractivity contribution is 0.0941. The van der Waals surface area contributed by atoms with Crippen molar-refractivity contribution >= 4 is 5.91 Å². The molecule has 28 heavy (non-hydrogen) atoms. The second kappa shape index (κ2) is 8.85. The Labute approximate surface area is 166 Å². The Bertz CT molecular complexity index is 915. The van der Waals surface area contributed by atoms with E-state index in [0.717, 1.165) is 12.0 Å². The number of aryl methyl sites for hydroxylation is 2. The van der Waals surface area contributed by atoms with Crippen LogP contribution in [0.1, 0.15) is 40.2 Å². The second-order valence-electron chi connectivity index (χ2n) is 7.11. The molecule has 5 heteroatoms. The highest BCUT2D eigenvalue weighted by Gasteiger charge is 2.23. The number of carbonyl (C=O) groups excluding carboxylic acids is 1. The van der Waals surface area contributed by atoms with Crippen LogP contribution < -0.4 is 5.32 Å². The first-order chi connectivity index (χ1) is 13.5. The lowest BCUT2D eigenvalue weighted by Gasteiger charge is -2.25. The van der Waals surface area contributed by atoms with Crippen molar-refractivity contribution in [2.45, 2.75) is 26.3 Å². The van der Waals surface area contributed by atoms with Crippen molar-refractivity contribution in [1.29, 1.82) is 0 Å². The Morgan fingerprint density at radius 2 is 1.79 bits per heavy atom. The monoisotopic (exact) mass is 377 g/mol. The summed E-state index contributed by atoms with van der Waals surface area (Å²) in [7, 11) is 4.04. The third kappa shape index (κ3) is 4.31. The minimum atomic E-state index is -0.172. The number of rotatable bonds is 7. The molecular formula is C23H27N3O2. The predicted octanol–water partition coefficient (Wildman–Crippen LogP) is 4.25. The number of benzene rings is 2. The minimum absolute atomic E-state index is 0.0789. The van der Waals surface area contributed by atoms with E-state index >= 15 is 0 Å². The van der Waals surface area contributed by atoms with Gasteiger partial charge in [-0.25, -0.2) is 0 Å². The molecule has 0 radical (unpaired) electrons. The molecule has 1 unspecified atom stereocenters. The van der Waals surface area contributed by atoms with Crippen molar-refractivity contribution in [3.8, 4) is 11.3 Å². The zero-order valence-electron chi connectivity index (χ0n) is 16.9. The van der Waals surface area contributed by atoms with Gasteiger partial charge in [0.15, 0.2) is 0 Å². The van der Waals surface area contributed by atoms with Crippen LogP contribution in [0, 0.1) is 6.92 Å². The van der Waals surface area contributed by atoms with Gasteiger partial charge in [-0.3, -0.25) is 4.79 Å². The number of nitrogens with zero attached hydrogens (tertiary/aromatic N) is 2. The van der Waals surface area contributed by atoms with Gasteiger partial charge in [0.05, 0.1) is 6.04 Å². The smallest absolute Gasteiger partial charge is 0.257 e. The number of carbonyl (C=O) groups is 1. The van der Waals surface area contributed by atoms with Crippen LogP contribution >= 0.6 is 0 Å². The van der Waals surface area contributed by atoms with E-state index in [2.05, 4.69) is 46.6 Å². The lowest BCUT2D eigenvalue weighted by Crippen LogP contribution is -2.34. The fourth-order valence-corrected chi connectivity index (χ4v) is 3.28. The quantitative estimate of drug-likeness (QED) is 0.669. The van der Waals surface area contributed by atoms with Gasteiger partial charge in [0, 0.05) is 12.1 Å². The van der Waals surface area contributed by atoms with Crippen LogP contribution in [0.2, 0.25) is 0 Å². The van der Waals surface area contributed by atoms with E-state index < -0.39 is 0 Å². The Morgan fingerprint density at radius 3 is 2.39 bits per heavy atom. The van der Waals surface area contributed by atoms with Gasteiger partial charge in [0.1, 0.15) is 17.0 Å². The average molecular weight is 377 g/mol. The maximum atomic E-state index is 12.9. The summed E-state index contributed by atoms with van der Waals surface area (Å²) >= 11 is 0. The van der Waals surface area contributed by atoms with Crippen LogP contribution in [0.25, 0.3) is 11.3 Å². The van der Waals surface area contributed by atoms with Gasteiger partial charge >= 0.3 is 0 Å². The van der Waals surface area contributed by atoms with E-state index in [1.165, 1.54) is 11.1 Å². The SMILES string of the molecule is CCc1ccc(C(CNC(=O)c2c(-c3ccccc3)noc2C)N(C)C)cc1. The molecule has 3 aromatic rings. The first-order valence-corrected chi connectivity index (χ1v) is 9.56. The summed E-state index contributed by atoms with van der Waals surface area (Å²) in [5.41, 5.74) is 4.41. The lowest BCUT2D eigenvalue weighted by atomic mass is 10.0. The third-order valence-corrected chi connectivity index (χ3v) is 4.99. The number of nitrogens with one attached hydrogen (secondary N) is 1. The number of likely N-dealkylation sites (N-methyl/N-ethyl adjacent to an activating group) is 1. The summed E-state index contributed by atoms with van der Waals surface area (Å²) < 4.78 is 5.31. The standard InChI is InChI=1S/C23H27N3O2/c1-5-17-11-13-18(14-12-17)20(26(3)4)15-24-23(27)21-16(2)28-25-22(21)19-9-7-6-8-10-19/h6-14,20H,5,15H2,1-4H3,(H,24,27). The molecule has 2 aromatic carbocycles. The second-order valence-corrected chi connectivity index (χ2v) is 7.11. The molecule has 1 atom stereocenters. The van der Waals surface area contributed by atoms with Gasteiger partial charge in [-0.2, -0.15) is 0 Å². The fraction of sp³-hybridized carbons (Fsp3) is 0.304. The Kier molecular flexibility index (Phi) is 6.26. The van der Waals surface area contributed by atoms with E-state index in [1.54, 1.807) is 6.92 Å². The maximum absolute atomic E-state index is 12.9. The van der Waals surface area contributed by atoms with Gasteiger partial charge in [0.25, 0.3) is 5.91 Å². The predicted molar refractivity (Wildman–Crippen MR) is 111 cm³/mol. The van der Waals surface area contributed by atoms with E-state index in [1.807, 2.05) is 44.4 Å². The Balaban J connectivity index is 1.78. The van der Waals surface area contributed by atoms with Gasteiger partial charge in [-0.05, 0) is 38.6 Å². The zero-order chi connectivity index (χ0) is 20.1. The molecule has 1 N–H and O–H groups in total. The molecule has 5 nitrogen and oxygen atoms in total. The van der Waals surface area contributed by atoms with Gasteiger partial charge in [0.2, 0.25) is 0 Å². The Morgan fingerprint density at radius 1 is 1.11 bits per heavy atom. The molecule has 0 spiro atoms. The topological polar surface area (TPSA) is 58.4 Å². The molecule has 1 aromatic heterocycles. The van der Waals surface area contributed by atoms with Crippen molar-refractivity contribution in [1.82, 2.24) is 15.4 Å². The molecule has 0 aliphatic rings. The Hall–Kier alpha value is -2.92. The number of hydrogen-bond acceptors (Lipinski definition) is 4. The van der Waals surface area contributed by atoms with Crippen LogP contribution in [0.5, 0.6) is 0 Å². The van der Waals surface area contributed by atoms with Gasteiger partial charge < -0.3 is 14.7 Å². The highest BCUT2D eigenvalue weighted by Crippen LogP contribution is 2.25. The first kappa shape index (κ1) is 19.8. The molecule has 1 amide bonds. The number of hydrogen-bond donors (Lipinski definition) is 1. The van der Waals surface area contributed by atoms with Crippen LogP contribution in [-0.2, 0) is 6.42 Å².